The normalized spacial score (nSPS) is 15.5. The first-order valence-corrected chi connectivity index (χ1v) is 12.3. The highest BCUT2D eigenvalue weighted by atomic mass is 19.4. The lowest BCUT2D eigenvalue weighted by atomic mass is 9.97. The Morgan fingerprint density at radius 1 is 1.13 bits per heavy atom. The minimum Gasteiger partial charge on any atom is -0.444 e. The highest BCUT2D eigenvalue weighted by Gasteiger charge is 2.33. The number of amides is 1. The molecule has 4 rings (SSSR count). The Bertz CT molecular complexity index is 1390. The number of benzene rings is 1. The van der Waals surface area contributed by atoms with Crippen LogP contribution in [0.5, 0.6) is 0 Å². The van der Waals surface area contributed by atoms with Crippen LogP contribution in [0, 0.1) is 6.92 Å². The van der Waals surface area contributed by atoms with Crippen LogP contribution in [-0.2, 0) is 10.9 Å². The molecule has 1 atom stereocenters. The maximum Gasteiger partial charge on any atom is 0.416 e. The van der Waals surface area contributed by atoms with E-state index in [9.17, 15) is 22.8 Å². The third-order valence-corrected chi connectivity index (χ3v) is 6.40. The van der Waals surface area contributed by atoms with E-state index < -0.39 is 29.5 Å². The van der Waals surface area contributed by atoms with Gasteiger partial charge in [-0.3, -0.25) is 4.79 Å². The van der Waals surface area contributed by atoms with E-state index in [2.05, 4.69) is 20.3 Å². The molecule has 3 aromatic rings. The maximum absolute atomic E-state index is 13.4. The molecule has 204 valence electrons. The van der Waals surface area contributed by atoms with E-state index in [1.165, 1.54) is 19.3 Å². The standard InChI is InChI=1S/C26H31F3N6O3/c1-15-17(7-6-8-19(15)26(27,28)29)16(2)32-21-18-13-20(23(36)33-22(18)31-14-30-21)34-9-11-35(12-10-34)24(37)38-25(3,4)5/h6-8,13-14,16H,9-12H2,1-5H3,(H2,30,31,32,33,36)/t16-/m1/s1. The highest BCUT2D eigenvalue weighted by molar-refractivity contribution is 5.88. The van der Waals surface area contributed by atoms with Gasteiger partial charge in [-0.15, -0.1) is 0 Å². The summed E-state index contributed by atoms with van der Waals surface area (Å²) < 4.78 is 45.7. The number of H-pyrrole nitrogens is 1. The van der Waals surface area contributed by atoms with Gasteiger partial charge in [0.1, 0.15) is 29.1 Å². The fraction of sp³-hybridized carbons (Fsp3) is 0.462. The van der Waals surface area contributed by atoms with Gasteiger partial charge in [0, 0.05) is 26.2 Å². The van der Waals surface area contributed by atoms with Crippen LogP contribution in [-0.4, -0.2) is 57.7 Å². The Morgan fingerprint density at radius 2 is 1.82 bits per heavy atom. The van der Waals surface area contributed by atoms with E-state index in [4.69, 9.17) is 4.74 Å². The Labute approximate surface area is 218 Å². The molecule has 0 aliphatic carbocycles. The molecule has 0 radical (unpaired) electrons. The summed E-state index contributed by atoms with van der Waals surface area (Å²) in [7, 11) is 0. The molecule has 12 heteroatoms. The number of hydrogen-bond donors (Lipinski definition) is 2. The first-order chi connectivity index (χ1) is 17.7. The predicted molar refractivity (Wildman–Crippen MR) is 138 cm³/mol. The molecule has 9 nitrogen and oxygen atoms in total. The topological polar surface area (TPSA) is 103 Å². The third kappa shape index (κ3) is 5.84. The second-order valence-corrected chi connectivity index (χ2v) is 10.3. The van der Waals surface area contributed by atoms with Crippen molar-refractivity contribution in [1.82, 2.24) is 19.9 Å². The van der Waals surface area contributed by atoms with E-state index in [1.54, 1.807) is 44.7 Å². The van der Waals surface area contributed by atoms with Crippen LogP contribution >= 0.6 is 0 Å². The number of nitrogens with zero attached hydrogens (tertiary/aromatic N) is 4. The van der Waals surface area contributed by atoms with E-state index in [-0.39, 0.29) is 11.1 Å². The predicted octanol–water partition coefficient (Wildman–Crippen LogP) is 4.88. The zero-order valence-corrected chi connectivity index (χ0v) is 21.9. The first-order valence-electron chi connectivity index (χ1n) is 12.3. The number of halogens is 3. The van der Waals surface area contributed by atoms with Crippen LogP contribution in [0.2, 0.25) is 0 Å². The van der Waals surface area contributed by atoms with Gasteiger partial charge in [0.25, 0.3) is 5.56 Å². The number of ether oxygens (including phenoxy) is 1. The second-order valence-electron chi connectivity index (χ2n) is 10.3. The third-order valence-electron chi connectivity index (χ3n) is 6.40. The molecule has 1 aromatic carbocycles. The summed E-state index contributed by atoms with van der Waals surface area (Å²) in [5.74, 6) is 0.379. The average molecular weight is 533 g/mol. The molecule has 38 heavy (non-hydrogen) atoms. The van der Waals surface area contributed by atoms with Gasteiger partial charge in [0.15, 0.2) is 0 Å². The number of nitrogens with one attached hydrogen (secondary N) is 2. The molecule has 2 aromatic heterocycles. The van der Waals surface area contributed by atoms with Gasteiger partial charge in [-0.05, 0) is 57.9 Å². The van der Waals surface area contributed by atoms with Gasteiger partial charge in [-0.25, -0.2) is 14.8 Å². The summed E-state index contributed by atoms with van der Waals surface area (Å²) in [6.07, 6.45) is -3.57. The summed E-state index contributed by atoms with van der Waals surface area (Å²) in [4.78, 5) is 40.0. The lowest BCUT2D eigenvalue weighted by Gasteiger charge is -2.36. The van der Waals surface area contributed by atoms with Gasteiger partial charge in [-0.2, -0.15) is 13.2 Å². The Balaban J connectivity index is 1.58. The number of alkyl halides is 3. The van der Waals surface area contributed by atoms with Crippen molar-refractivity contribution in [3.8, 4) is 0 Å². The van der Waals surface area contributed by atoms with E-state index in [0.29, 0.717) is 54.3 Å². The number of carbonyl (C=O) groups is 1. The Morgan fingerprint density at radius 3 is 2.45 bits per heavy atom. The number of anilines is 2. The number of aromatic nitrogens is 3. The van der Waals surface area contributed by atoms with Crippen molar-refractivity contribution < 1.29 is 22.7 Å². The maximum atomic E-state index is 13.4. The summed E-state index contributed by atoms with van der Waals surface area (Å²) >= 11 is 0. The summed E-state index contributed by atoms with van der Waals surface area (Å²) in [5, 5.41) is 3.71. The minimum atomic E-state index is -4.46. The zero-order valence-electron chi connectivity index (χ0n) is 21.9. The van der Waals surface area contributed by atoms with Gasteiger partial charge in [0.05, 0.1) is 17.0 Å². The number of fused-ring (bicyclic) bond motifs is 1. The summed E-state index contributed by atoms with van der Waals surface area (Å²) in [6, 6.07) is 5.25. The highest BCUT2D eigenvalue weighted by Crippen LogP contribution is 2.35. The Hall–Kier alpha value is -3.83. The van der Waals surface area contributed by atoms with Crippen molar-refractivity contribution in [1.29, 1.82) is 0 Å². The van der Waals surface area contributed by atoms with E-state index >= 15 is 0 Å². The first kappa shape index (κ1) is 27.2. The molecular weight excluding hydrogens is 501 g/mol. The lowest BCUT2D eigenvalue weighted by molar-refractivity contribution is -0.138. The quantitative estimate of drug-likeness (QED) is 0.494. The molecule has 3 heterocycles. The largest absolute Gasteiger partial charge is 0.444 e. The van der Waals surface area contributed by atoms with Crippen LogP contribution in [0.4, 0.5) is 29.5 Å². The molecule has 1 aliphatic heterocycles. The molecule has 1 fully saturated rings. The number of rotatable bonds is 4. The number of pyridine rings is 1. The number of piperazine rings is 1. The Kier molecular flexibility index (Phi) is 7.26. The lowest BCUT2D eigenvalue weighted by Crippen LogP contribution is -2.51. The monoisotopic (exact) mass is 532 g/mol. The fourth-order valence-electron chi connectivity index (χ4n) is 4.52. The van der Waals surface area contributed by atoms with Crippen molar-refractivity contribution in [2.45, 2.75) is 52.4 Å². The van der Waals surface area contributed by atoms with Crippen LogP contribution in [0.1, 0.15) is 50.4 Å². The van der Waals surface area contributed by atoms with Crippen molar-refractivity contribution in [3.63, 3.8) is 0 Å². The number of aromatic amines is 1. The molecule has 0 saturated carbocycles. The van der Waals surface area contributed by atoms with Gasteiger partial charge < -0.3 is 24.8 Å². The van der Waals surface area contributed by atoms with Crippen molar-refractivity contribution >= 4 is 28.6 Å². The van der Waals surface area contributed by atoms with Gasteiger partial charge >= 0.3 is 12.3 Å². The van der Waals surface area contributed by atoms with Crippen molar-refractivity contribution in [2.24, 2.45) is 0 Å². The SMILES string of the molecule is Cc1c([C@@H](C)Nc2ncnc3[nH]c(=O)c(N4CCN(C(=O)OC(C)(C)C)CC4)cc23)cccc1C(F)(F)F. The molecule has 1 aliphatic rings. The molecule has 0 unspecified atom stereocenters. The van der Waals surface area contributed by atoms with Crippen molar-refractivity contribution in [2.75, 3.05) is 36.4 Å². The summed E-state index contributed by atoms with van der Waals surface area (Å²) in [5.41, 5.74) is -0.317. The molecule has 1 amide bonds. The summed E-state index contributed by atoms with van der Waals surface area (Å²) in [6.45, 7) is 10.2. The molecular formula is C26H31F3N6O3. The molecule has 0 bridgehead atoms. The van der Waals surface area contributed by atoms with Crippen LogP contribution in [0.25, 0.3) is 11.0 Å². The van der Waals surface area contributed by atoms with Crippen molar-refractivity contribution in [3.05, 3.63) is 57.6 Å². The van der Waals surface area contributed by atoms with E-state index in [1.807, 2.05) is 4.90 Å². The smallest absolute Gasteiger partial charge is 0.416 e. The molecule has 1 saturated heterocycles. The fourth-order valence-corrected chi connectivity index (χ4v) is 4.52. The van der Waals surface area contributed by atoms with Crippen LogP contribution < -0.4 is 15.8 Å². The zero-order chi connectivity index (χ0) is 27.8. The minimum absolute atomic E-state index is 0.135. The van der Waals surface area contributed by atoms with Crippen LogP contribution in [0.3, 0.4) is 0 Å². The van der Waals surface area contributed by atoms with Gasteiger partial charge in [-0.1, -0.05) is 12.1 Å². The number of carbonyl (C=O) groups excluding carboxylic acids is 1. The van der Waals surface area contributed by atoms with E-state index in [0.717, 1.165) is 6.07 Å². The molecule has 2 N–H and O–H groups in total. The molecule has 0 spiro atoms. The van der Waals surface area contributed by atoms with Gasteiger partial charge in [0.2, 0.25) is 0 Å². The average Bonchev–Trinajstić information content (AvgIpc) is 2.82. The van der Waals surface area contributed by atoms with Crippen LogP contribution in [0.15, 0.2) is 35.4 Å². The second kappa shape index (κ2) is 10.1. The number of hydrogen-bond acceptors (Lipinski definition) is 7.